The summed E-state index contributed by atoms with van der Waals surface area (Å²) in [6.45, 7) is 0. The summed E-state index contributed by atoms with van der Waals surface area (Å²) in [5.74, 6) is 0.968. The van der Waals surface area contributed by atoms with Crippen LogP contribution in [-0.4, -0.2) is 21.4 Å². The fraction of sp³-hybridized carbons (Fsp3) is 0.400. The summed E-state index contributed by atoms with van der Waals surface area (Å²) >= 11 is 6.28. The molecule has 2 aliphatic heterocycles. The van der Waals surface area contributed by atoms with Crippen molar-refractivity contribution in [2.45, 2.75) is 50.3 Å². The Morgan fingerprint density at radius 2 is 2.04 bits per heavy atom. The molecule has 1 saturated carbocycles. The molecule has 2 aromatic rings. The molecule has 1 spiro atoms. The number of benzene rings is 1. The second-order valence-corrected chi connectivity index (χ2v) is 7.58. The van der Waals surface area contributed by atoms with Gasteiger partial charge < -0.3 is 4.74 Å². The summed E-state index contributed by atoms with van der Waals surface area (Å²) in [5, 5.41) is 8.00. The molecule has 4 nitrogen and oxygen atoms in total. The van der Waals surface area contributed by atoms with E-state index in [1.165, 1.54) is 19.3 Å². The average molecular weight is 354 g/mol. The summed E-state index contributed by atoms with van der Waals surface area (Å²) in [7, 11) is 0. The van der Waals surface area contributed by atoms with Crippen molar-refractivity contribution in [3.8, 4) is 5.75 Å². The summed E-state index contributed by atoms with van der Waals surface area (Å²) in [6, 6.07) is 10.2. The molecule has 0 radical (unpaired) electrons. The summed E-state index contributed by atoms with van der Waals surface area (Å²) in [6.07, 6.45) is 10.2. The number of hydrogen-bond donors (Lipinski definition) is 0. The van der Waals surface area contributed by atoms with Crippen LogP contribution in [0.3, 0.4) is 0 Å². The molecular formula is C20H20ClN3O. The van der Waals surface area contributed by atoms with Gasteiger partial charge in [-0.25, -0.2) is 5.01 Å². The Morgan fingerprint density at radius 3 is 2.84 bits per heavy atom. The molecular weight excluding hydrogens is 334 g/mol. The van der Waals surface area contributed by atoms with Gasteiger partial charge in [0.25, 0.3) is 0 Å². The van der Waals surface area contributed by atoms with E-state index < -0.39 is 0 Å². The van der Waals surface area contributed by atoms with Gasteiger partial charge in [-0.3, -0.25) is 4.98 Å². The van der Waals surface area contributed by atoms with Gasteiger partial charge in [0.05, 0.1) is 11.8 Å². The minimum atomic E-state index is -0.312. The number of nitrogens with zero attached hydrogens (tertiary/aromatic N) is 3. The zero-order valence-electron chi connectivity index (χ0n) is 14.0. The third kappa shape index (κ3) is 2.43. The van der Waals surface area contributed by atoms with Crippen molar-refractivity contribution in [3.05, 3.63) is 58.9 Å². The first-order valence-corrected chi connectivity index (χ1v) is 9.39. The number of hydrazone groups is 1. The van der Waals surface area contributed by atoms with Crippen LogP contribution in [0.25, 0.3) is 0 Å². The maximum absolute atomic E-state index is 6.56. The van der Waals surface area contributed by atoms with Crippen LogP contribution < -0.4 is 4.74 Å². The van der Waals surface area contributed by atoms with E-state index >= 15 is 0 Å². The number of aromatic nitrogens is 1. The lowest BCUT2D eigenvalue weighted by Crippen LogP contribution is -2.54. The quantitative estimate of drug-likeness (QED) is 0.728. The SMILES string of the molecule is Clc1ccc2c(c1)[C@@H]1CC(c3cccnc3)=NN1C1(CCCCC1)O2. The monoisotopic (exact) mass is 353 g/mol. The molecule has 1 aromatic heterocycles. The van der Waals surface area contributed by atoms with Crippen molar-refractivity contribution in [1.29, 1.82) is 0 Å². The Labute approximate surface area is 152 Å². The van der Waals surface area contributed by atoms with Crippen molar-refractivity contribution in [2.75, 3.05) is 0 Å². The van der Waals surface area contributed by atoms with E-state index in [1.54, 1.807) is 6.20 Å². The van der Waals surface area contributed by atoms with Crippen LogP contribution in [0.2, 0.25) is 5.02 Å². The average Bonchev–Trinajstić information content (AvgIpc) is 3.11. The Hall–Kier alpha value is -2.07. The van der Waals surface area contributed by atoms with Gasteiger partial charge in [0, 0.05) is 47.8 Å². The van der Waals surface area contributed by atoms with E-state index in [0.717, 1.165) is 46.9 Å². The molecule has 0 amide bonds. The fourth-order valence-corrected chi connectivity index (χ4v) is 4.58. The van der Waals surface area contributed by atoms with Crippen LogP contribution in [-0.2, 0) is 0 Å². The summed E-state index contributed by atoms with van der Waals surface area (Å²) < 4.78 is 6.56. The smallest absolute Gasteiger partial charge is 0.198 e. The maximum Gasteiger partial charge on any atom is 0.198 e. The first-order valence-electron chi connectivity index (χ1n) is 9.01. The van der Waals surface area contributed by atoms with Crippen LogP contribution in [0.1, 0.15) is 55.7 Å². The molecule has 5 rings (SSSR count). The number of halogens is 1. The van der Waals surface area contributed by atoms with Crippen LogP contribution in [0.5, 0.6) is 5.75 Å². The largest absolute Gasteiger partial charge is 0.466 e. The lowest BCUT2D eigenvalue weighted by atomic mass is 9.86. The second-order valence-electron chi connectivity index (χ2n) is 7.14. The van der Waals surface area contributed by atoms with E-state index in [1.807, 2.05) is 30.5 Å². The topological polar surface area (TPSA) is 37.7 Å². The zero-order chi connectivity index (χ0) is 16.9. The normalized spacial score (nSPS) is 23.6. The van der Waals surface area contributed by atoms with Crippen molar-refractivity contribution in [2.24, 2.45) is 5.10 Å². The van der Waals surface area contributed by atoms with E-state index in [4.69, 9.17) is 21.4 Å². The van der Waals surface area contributed by atoms with Crippen LogP contribution in [0.4, 0.5) is 0 Å². The lowest BCUT2D eigenvalue weighted by Gasteiger charge is -2.49. The van der Waals surface area contributed by atoms with Gasteiger partial charge in [-0.15, -0.1) is 0 Å². The zero-order valence-corrected chi connectivity index (χ0v) is 14.7. The maximum atomic E-state index is 6.56. The lowest BCUT2D eigenvalue weighted by molar-refractivity contribution is -0.140. The highest BCUT2D eigenvalue weighted by Crippen LogP contribution is 2.51. The highest BCUT2D eigenvalue weighted by molar-refractivity contribution is 6.30. The Morgan fingerprint density at radius 1 is 1.16 bits per heavy atom. The van der Waals surface area contributed by atoms with Gasteiger partial charge in [-0.05, 0) is 37.1 Å². The van der Waals surface area contributed by atoms with E-state index in [0.29, 0.717) is 0 Å². The minimum absolute atomic E-state index is 0.191. The third-order valence-electron chi connectivity index (χ3n) is 5.59. The summed E-state index contributed by atoms with van der Waals surface area (Å²) in [5.41, 5.74) is 3.01. The third-order valence-corrected chi connectivity index (χ3v) is 5.82. The molecule has 0 bridgehead atoms. The van der Waals surface area contributed by atoms with Gasteiger partial charge >= 0.3 is 0 Å². The van der Waals surface area contributed by atoms with Crippen molar-refractivity contribution < 1.29 is 4.74 Å². The molecule has 1 aromatic carbocycles. The fourth-order valence-electron chi connectivity index (χ4n) is 4.40. The molecule has 1 aliphatic carbocycles. The Balaban J connectivity index is 1.61. The van der Waals surface area contributed by atoms with Crippen molar-refractivity contribution >= 4 is 17.3 Å². The van der Waals surface area contributed by atoms with Crippen molar-refractivity contribution in [3.63, 3.8) is 0 Å². The van der Waals surface area contributed by atoms with Gasteiger partial charge in [0.15, 0.2) is 5.72 Å². The molecule has 1 atom stereocenters. The van der Waals surface area contributed by atoms with Gasteiger partial charge in [-0.2, -0.15) is 5.10 Å². The van der Waals surface area contributed by atoms with Crippen LogP contribution in [0.15, 0.2) is 47.8 Å². The molecule has 5 heteroatoms. The van der Waals surface area contributed by atoms with E-state index in [-0.39, 0.29) is 11.8 Å². The standard InChI is InChI=1S/C20H20ClN3O/c21-15-6-7-19-16(11-15)18-12-17(14-5-4-10-22-13-14)23-24(18)20(25-19)8-2-1-3-9-20/h4-7,10-11,13,18H,1-3,8-9,12H2/t18-/m0/s1. The van der Waals surface area contributed by atoms with E-state index in [9.17, 15) is 0 Å². The van der Waals surface area contributed by atoms with Crippen LogP contribution in [0, 0.1) is 0 Å². The first-order chi connectivity index (χ1) is 12.3. The molecule has 128 valence electrons. The van der Waals surface area contributed by atoms with Gasteiger partial charge in [-0.1, -0.05) is 24.1 Å². The second kappa shape index (κ2) is 5.73. The number of ether oxygens (including phenoxy) is 1. The molecule has 3 aliphatic rings. The highest BCUT2D eigenvalue weighted by Gasteiger charge is 2.50. The number of fused-ring (bicyclic) bond motifs is 4. The Kier molecular flexibility index (Phi) is 3.49. The first kappa shape index (κ1) is 15.2. The molecule has 0 saturated heterocycles. The number of hydrogen-bond acceptors (Lipinski definition) is 4. The van der Waals surface area contributed by atoms with Crippen LogP contribution >= 0.6 is 11.6 Å². The van der Waals surface area contributed by atoms with Crippen molar-refractivity contribution in [1.82, 2.24) is 9.99 Å². The number of rotatable bonds is 1. The predicted molar refractivity (Wildman–Crippen MR) is 97.9 cm³/mol. The van der Waals surface area contributed by atoms with Gasteiger partial charge in [0.2, 0.25) is 0 Å². The van der Waals surface area contributed by atoms with Gasteiger partial charge in [0.1, 0.15) is 5.75 Å². The predicted octanol–water partition coefficient (Wildman–Crippen LogP) is 4.94. The molecule has 0 unspecified atom stereocenters. The molecule has 3 heterocycles. The van der Waals surface area contributed by atoms with E-state index in [2.05, 4.69) is 16.1 Å². The highest BCUT2D eigenvalue weighted by atomic mass is 35.5. The Bertz CT molecular complexity index is 830. The summed E-state index contributed by atoms with van der Waals surface area (Å²) in [4.78, 5) is 4.26. The minimum Gasteiger partial charge on any atom is -0.466 e. The number of pyridine rings is 1. The molecule has 0 N–H and O–H groups in total. The molecule has 1 fully saturated rings. The molecule has 25 heavy (non-hydrogen) atoms.